The Labute approximate surface area is 137 Å². The molecule has 1 saturated heterocycles. The number of amides is 1. The molecule has 0 aromatic carbocycles. The Hall–Kier alpha value is -1.88. The van der Waals surface area contributed by atoms with Crippen LogP contribution in [0.3, 0.4) is 0 Å². The van der Waals surface area contributed by atoms with Crippen molar-refractivity contribution < 1.29 is 4.79 Å². The molecule has 1 aliphatic rings. The van der Waals surface area contributed by atoms with Gasteiger partial charge in [-0.05, 0) is 37.0 Å². The molecule has 1 fully saturated rings. The number of carbonyl (C=O) groups is 1. The van der Waals surface area contributed by atoms with Gasteiger partial charge in [0.2, 0.25) is 5.91 Å². The van der Waals surface area contributed by atoms with Gasteiger partial charge >= 0.3 is 0 Å². The summed E-state index contributed by atoms with van der Waals surface area (Å²) < 4.78 is 2.14. The minimum Gasteiger partial charge on any atom is -0.342 e. The minimum atomic E-state index is 0.271. The number of carbonyl (C=O) groups excluding carboxylic acids is 1. The smallest absolute Gasteiger partial charge is 0.222 e. The van der Waals surface area contributed by atoms with Crippen molar-refractivity contribution in [3.8, 4) is 0 Å². The molecule has 0 bridgehead atoms. The number of pyridine rings is 1. The van der Waals surface area contributed by atoms with Gasteiger partial charge in [0.25, 0.3) is 0 Å². The fourth-order valence-electron chi connectivity index (χ4n) is 3.40. The monoisotopic (exact) mass is 314 g/mol. The SMILES string of the molecule is CCC(=O)N1CC[C@H](NCc2cnc3cc(C)ccn23)[C@H](C)C1. The summed E-state index contributed by atoms with van der Waals surface area (Å²) in [6.07, 6.45) is 5.65. The molecule has 1 aliphatic heterocycles. The first-order valence-electron chi connectivity index (χ1n) is 8.52. The third kappa shape index (κ3) is 3.39. The standard InChI is InChI=1S/C18H26N4O/c1-4-18(23)21-7-6-16(14(3)12-21)19-10-15-11-20-17-9-13(2)5-8-22(15)17/h5,8-9,11,14,16,19H,4,6-7,10,12H2,1-3H3/t14-,16+/m1/s1. The van der Waals surface area contributed by atoms with E-state index in [9.17, 15) is 4.79 Å². The van der Waals surface area contributed by atoms with E-state index in [1.807, 2.05) is 18.0 Å². The summed E-state index contributed by atoms with van der Waals surface area (Å²) in [6.45, 7) is 8.77. The third-order valence-corrected chi connectivity index (χ3v) is 4.85. The van der Waals surface area contributed by atoms with Crippen molar-refractivity contribution in [1.82, 2.24) is 19.6 Å². The first-order valence-corrected chi connectivity index (χ1v) is 8.52. The van der Waals surface area contributed by atoms with E-state index < -0.39 is 0 Å². The van der Waals surface area contributed by atoms with Crippen molar-refractivity contribution >= 4 is 11.6 Å². The molecule has 0 aliphatic carbocycles. The van der Waals surface area contributed by atoms with E-state index >= 15 is 0 Å². The van der Waals surface area contributed by atoms with Crippen LogP contribution in [0.15, 0.2) is 24.5 Å². The molecule has 3 rings (SSSR count). The summed E-state index contributed by atoms with van der Waals surface area (Å²) in [5.74, 6) is 0.744. The first-order chi connectivity index (χ1) is 11.1. The van der Waals surface area contributed by atoms with Crippen LogP contribution in [0.2, 0.25) is 0 Å². The quantitative estimate of drug-likeness (QED) is 0.942. The second-order valence-corrected chi connectivity index (χ2v) is 6.63. The molecule has 0 spiro atoms. The zero-order valence-corrected chi connectivity index (χ0v) is 14.2. The van der Waals surface area contributed by atoms with Crippen LogP contribution >= 0.6 is 0 Å². The molecule has 1 amide bonds. The van der Waals surface area contributed by atoms with E-state index in [1.165, 1.54) is 11.3 Å². The lowest BCUT2D eigenvalue weighted by atomic mass is 9.93. The van der Waals surface area contributed by atoms with E-state index in [0.717, 1.165) is 31.7 Å². The topological polar surface area (TPSA) is 49.6 Å². The molecule has 2 aromatic heterocycles. The zero-order valence-electron chi connectivity index (χ0n) is 14.2. The number of nitrogens with one attached hydrogen (secondary N) is 1. The maximum Gasteiger partial charge on any atom is 0.222 e. The van der Waals surface area contributed by atoms with Gasteiger partial charge in [-0.3, -0.25) is 4.79 Å². The van der Waals surface area contributed by atoms with E-state index in [1.54, 1.807) is 0 Å². The van der Waals surface area contributed by atoms with Crippen LogP contribution < -0.4 is 5.32 Å². The fourth-order valence-corrected chi connectivity index (χ4v) is 3.40. The maximum atomic E-state index is 11.8. The second-order valence-electron chi connectivity index (χ2n) is 6.63. The molecule has 124 valence electrons. The number of hydrogen-bond acceptors (Lipinski definition) is 3. The van der Waals surface area contributed by atoms with Crippen LogP contribution in [-0.4, -0.2) is 39.3 Å². The fraction of sp³-hybridized carbons (Fsp3) is 0.556. The van der Waals surface area contributed by atoms with Crippen LogP contribution in [0.1, 0.15) is 37.9 Å². The van der Waals surface area contributed by atoms with Crippen LogP contribution in [0.5, 0.6) is 0 Å². The zero-order chi connectivity index (χ0) is 16.4. The number of piperidine rings is 1. The summed E-state index contributed by atoms with van der Waals surface area (Å²) in [4.78, 5) is 18.3. The second kappa shape index (κ2) is 6.71. The number of aryl methyl sites for hydroxylation is 1. The van der Waals surface area contributed by atoms with Crippen molar-refractivity contribution in [2.24, 2.45) is 5.92 Å². The molecule has 0 unspecified atom stereocenters. The van der Waals surface area contributed by atoms with Crippen LogP contribution in [0.4, 0.5) is 0 Å². The number of aromatic nitrogens is 2. The van der Waals surface area contributed by atoms with Crippen molar-refractivity contribution in [1.29, 1.82) is 0 Å². The largest absolute Gasteiger partial charge is 0.342 e. The van der Waals surface area contributed by atoms with E-state index in [-0.39, 0.29) is 5.91 Å². The van der Waals surface area contributed by atoms with Gasteiger partial charge in [0.15, 0.2) is 0 Å². The molecular formula is C18H26N4O. The summed E-state index contributed by atoms with van der Waals surface area (Å²) in [6, 6.07) is 4.66. The molecule has 2 atom stereocenters. The van der Waals surface area contributed by atoms with Gasteiger partial charge in [-0.15, -0.1) is 0 Å². The number of rotatable bonds is 4. The highest BCUT2D eigenvalue weighted by atomic mass is 16.2. The lowest BCUT2D eigenvalue weighted by Crippen LogP contribution is -2.49. The Morgan fingerprint density at radius 1 is 1.48 bits per heavy atom. The predicted molar refractivity (Wildman–Crippen MR) is 91.2 cm³/mol. The Morgan fingerprint density at radius 2 is 2.30 bits per heavy atom. The first kappa shape index (κ1) is 16.0. The number of hydrogen-bond donors (Lipinski definition) is 1. The molecule has 0 radical (unpaired) electrons. The number of fused-ring (bicyclic) bond motifs is 1. The summed E-state index contributed by atoms with van der Waals surface area (Å²) in [5, 5.41) is 3.66. The van der Waals surface area contributed by atoms with Crippen LogP contribution in [0.25, 0.3) is 5.65 Å². The molecule has 1 N–H and O–H groups in total. The molecule has 0 saturated carbocycles. The van der Waals surface area contributed by atoms with Gasteiger partial charge in [-0.1, -0.05) is 13.8 Å². The van der Waals surface area contributed by atoms with Crippen molar-refractivity contribution in [2.75, 3.05) is 13.1 Å². The molecule has 5 nitrogen and oxygen atoms in total. The van der Waals surface area contributed by atoms with Gasteiger partial charge in [0, 0.05) is 38.3 Å². The Kier molecular flexibility index (Phi) is 4.66. The maximum absolute atomic E-state index is 11.8. The molecule has 2 aromatic rings. The predicted octanol–water partition coefficient (Wildman–Crippen LogP) is 2.38. The average molecular weight is 314 g/mol. The molecule has 5 heteroatoms. The Morgan fingerprint density at radius 3 is 3.04 bits per heavy atom. The van der Waals surface area contributed by atoms with Crippen molar-refractivity contribution in [2.45, 2.75) is 46.2 Å². The van der Waals surface area contributed by atoms with Gasteiger partial charge in [0.1, 0.15) is 5.65 Å². The lowest BCUT2D eigenvalue weighted by molar-refractivity contribution is -0.132. The average Bonchev–Trinajstić information content (AvgIpc) is 2.95. The number of imidazole rings is 1. The van der Waals surface area contributed by atoms with E-state index in [0.29, 0.717) is 18.4 Å². The Bertz CT molecular complexity index is 693. The Balaban J connectivity index is 1.61. The molecule has 3 heterocycles. The van der Waals surface area contributed by atoms with Crippen molar-refractivity contribution in [3.05, 3.63) is 35.8 Å². The normalized spacial score (nSPS) is 21.8. The molecule has 23 heavy (non-hydrogen) atoms. The minimum absolute atomic E-state index is 0.271. The highest BCUT2D eigenvalue weighted by Crippen LogP contribution is 2.18. The molecular weight excluding hydrogens is 288 g/mol. The third-order valence-electron chi connectivity index (χ3n) is 4.85. The van der Waals surface area contributed by atoms with Gasteiger partial charge in [0.05, 0.1) is 11.9 Å². The van der Waals surface area contributed by atoms with Crippen molar-refractivity contribution in [3.63, 3.8) is 0 Å². The van der Waals surface area contributed by atoms with Gasteiger partial charge in [-0.25, -0.2) is 4.98 Å². The van der Waals surface area contributed by atoms with Crippen LogP contribution in [-0.2, 0) is 11.3 Å². The van der Waals surface area contributed by atoms with E-state index in [4.69, 9.17) is 0 Å². The van der Waals surface area contributed by atoms with Crippen LogP contribution in [0, 0.1) is 12.8 Å². The lowest BCUT2D eigenvalue weighted by Gasteiger charge is -2.37. The highest BCUT2D eigenvalue weighted by Gasteiger charge is 2.27. The van der Waals surface area contributed by atoms with E-state index in [2.05, 4.69) is 46.9 Å². The number of nitrogens with zero attached hydrogens (tertiary/aromatic N) is 3. The summed E-state index contributed by atoms with van der Waals surface area (Å²) >= 11 is 0. The summed E-state index contributed by atoms with van der Waals surface area (Å²) in [7, 11) is 0. The number of likely N-dealkylation sites (tertiary alicyclic amines) is 1. The highest BCUT2D eigenvalue weighted by molar-refractivity contribution is 5.75. The summed E-state index contributed by atoms with van der Waals surface area (Å²) in [5.41, 5.74) is 3.40. The van der Waals surface area contributed by atoms with Gasteiger partial charge < -0.3 is 14.6 Å². The van der Waals surface area contributed by atoms with Gasteiger partial charge in [-0.2, -0.15) is 0 Å².